The molecule has 3 aromatic rings. The third-order valence-electron chi connectivity index (χ3n) is 4.86. The van der Waals surface area contributed by atoms with Crippen LogP contribution in [0.15, 0.2) is 79.2 Å². The quantitative estimate of drug-likeness (QED) is 0.298. The van der Waals surface area contributed by atoms with Gasteiger partial charge in [0.2, 0.25) is 0 Å². The number of aryl methyl sites for hydroxylation is 2. The van der Waals surface area contributed by atoms with Crippen molar-refractivity contribution >= 4 is 11.7 Å². The maximum absolute atomic E-state index is 12.5. The highest BCUT2D eigenvalue weighted by molar-refractivity contribution is 6.04. The van der Waals surface area contributed by atoms with E-state index < -0.39 is 0 Å². The first-order valence-electron chi connectivity index (χ1n) is 10.1. The minimum Gasteiger partial charge on any atom is -0.458 e. The number of benzene rings is 1. The van der Waals surface area contributed by atoms with Crippen molar-refractivity contribution in [3.63, 3.8) is 0 Å². The lowest BCUT2D eigenvalue weighted by Crippen LogP contribution is -2.14. The minimum absolute atomic E-state index is 0.246. The van der Waals surface area contributed by atoms with Gasteiger partial charge < -0.3 is 14.9 Å². The zero-order valence-electron chi connectivity index (χ0n) is 18.4. The molecule has 0 fully saturated rings. The van der Waals surface area contributed by atoms with Crippen molar-refractivity contribution < 1.29 is 14.4 Å². The molecule has 0 bridgehead atoms. The molecule has 3 rings (SSSR count). The van der Waals surface area contributed by atoms with Crippen LogP contribution in [0, 0.1) is 6.92 Å². The fraction of sp³-hybridized carbons (Fsp3) is 0.160. The molecule has 0 spiro atoms. The van der Waals surface area contributed by atoms with Gasteiger partial charge in [-0.3, -0.25) is 9.78 Å². The van der Waals surface area contributed by atoms with Crippen LogP contribution in [0.1, 0.15) is 35.3 Å². The van der Waals surface area contributed by atoms with Crippen molar-refractivity contribution in [3.05, 3.63) is 95.9 Å². The summed E-state index contributed by atoms with van der Waals surface area (Å²) >= 11 is 0. The molecule has 0 saturated heterocycles. The molecule has 7 nitrogen and oxygen atoms in total. The molecule has 2 heterocycles. The Labute approximate surface area is 187 Å². The zero-order chi connectivity index (χ0) is 23.1. The molecule has 1 amide bonds. The number of ether oxygens (including phenoxy) is 1. The molecule has 32 heavy (non-hydrogen) atoms. The van der Waals surface area contributed by atoms with E-state index in [1.807, 2.05) is 31.2 Å². The molecule has 0 radical (unpaired) electrons. The Kier molecular flexibility index (Phi) is 7.36. The number of hydrogen-bond donors (Lipinski definition) is 2. The topological polar surface area (TPSA) is 99.4 Å². The average Bonchev–Trinajstić information content (AvgIpc) is 2.79. The zero-order valence-corrected chi connectivity index (χ0v) is 18.4. The van der Waals surface area contributed by atoms with E-state index in [0.29, 0.717) is 28.6 Å². The number of rotatable bonds is 8. The maximum Gasteiger partial charge on any atom is 0.258 e. The van der Waals surface area contributed by atoms with Crippen molar-refractivity contribution in [2.24, 2.45) is 5.90 Å². The van der Waals surface area contributed by atoms with Crippen molar-refractivity contribution in [2.75, 3.05) is 5.32 Å². The Balaban J connectivity index is 1.80. The normalized spacial score (nSPS) is 11.1. The molecule has 0 atom stereocenters. The van der Waals surface area contributed by atoms with Crippen LogP contribution in [0.5, 0.6) is 5.75 Å². The molecule has 1 aromatic carbocycles. The number of anilines is 1. The van der Waals surface area contributed by atoms with Gasteiger partial charge in [-0.25, -0.2) is 4.98 Å². The van der Waals surface area contributed by atoms with Gasteiger partial charge in [-0.05, 0) is 67.3 Å². The summed E-state index contributed by atoms with van der Waals surface area (Å²) in [5.74, 6) is 6.88. The van der Waals surface area contributed by atoms with Crippen LogP contribution < -0.4 is 16.0 Å². The Morgan fingerprint density at radius 1 is 1.22 bits per heavy atom. The molecule has 0 aliphatic carbocycles. The van der Waals surface area contributed by atoms with Crippen molar-refractivity contribution in [1.82, 2.24) is 9.97 Å². The second-order valence-corrected chi connectivity index (χ2v) is 7.19. The van der Waals surface area contributed by atoms with E-state index in [9.17, 15) is 4.79 Å². The summed E-state index contributed by atoms with van der Waals surface area (Å²) < 4.78 is 5.80. The summed E-state index contributed by atoms with van der Waals surface area (Å²) in [7, 11) is 0. The Morgan fingerprint density at radius 3 is 2.69 bits per heavy atom. The highest BCUT2D eigenvalue weighted by Gasteiger charge is 2.11. The Morgan fingerprint density at radius 2 is 2.03 bits per heavy atom. The molecule has 2 aromatic heterocycles. The molecule has 0 unspecified atom stereocenters. The first-order valence-corrected chi connectivity index (χ1v) is 10.1. The standard InChI is InChI=1S/C25H26N4O3/c1-5-19-6-8-21(31-17(3)12-18(4)32-26)13-22(19)20-7-9-24(28-14-20)29-25(30)23-15-27-11-10-16(23)2/h6-15H,3,5,26H2,1-2,4H3,(H,28,29,30)/b18-12-. The molecule has 0 aliphatic rings. The monoisotopic (exact) mass is 430 g/mol. The number of nitrogens with two attached hydrogens (primary N) is 1. The second-order valence-electron chi connectivity index (χ2n) is 7.19. The summed E-state index contributed by atoms with van der Waals surface area (Å²) in [5.41, 5.74) is 4.40. The highest BCUT2D eigenvalue weighted by atomic mass is 16.6. The van der Waals surface area contributed by atoms with E-state index in [0.717, 1.165) is 28.7 Å². The smallest absolute Gasteiger partial charge is 0.258 e. The van der Waals surface area contributed by atoms with E-state index in [1.54, 1.807) is 43.7 Å². The Bertz CT molecular complexity index is 1150. The Hall–Kier alpha value is -3.97. The van der Waals surface area contributed by atoms with Gasteiger partial charge in [0.05, 0.1) is 5.56 Å². The summed E-state index contributed by atoms with van der Waals surface area (Å²) in [6.45, 7) is 9.52. The fourth-order valence-corrected chi connectivity index (χ4v) is 3.15. The number of carbonyl (C=O) groups is 1. The number of nitrogens with zero attached hydrogens (tertiary/aromatic N) is 2. The van der Waals surface area contributed by atoms with Crippen molar-refractivity contribution in [3.8, 4) is 16.9 Å². The van der Waals surface area contributed by atoms with Crippen LogP contribution in [0.4, 0.5) is 5.82 Å². The number of allylic oxidation sites excluding steroid dienone is 2. The summed E-state index contributed by atoms with van der Waals surface area (Å²) in [5, 5.41) is 2.81. The largest absolute Gasteiger partial charge is 0.458 e. The average molecular weight is 431 g/mol. The van der Waals surface area contributed by atoms with Gasteiger partial charge in [0.1, 0.15) is 23.1 Å². The van der Waals surface area contributed by atoms with Gasteiger partial charge in [-0.1, -0.05) is 19.6 Å². The van der Waals surface area contributed by atoms with Crippen LogP contribution in [0.25, 0.3) is 11.1 Å². The van der Waals surface area contributed by atoms with Crippen LogP contribution in [-0.2, 0) is 11.3 Å². The third-order valence-corrected chi connectivity index (χ3v) is 4.86. The molecule has 164 valence electrons. The number of hydrogen-bond acceptors (Lipinski definition) is 6. The second kappa shape index (κ2) is 10.4. The lowest BCUT2D eigenvalue weighted by Gasteiger charge is -2.13. The first kappa shape index (κ1) is 22.7. The fourth-order valence-electron chi connectivity index (χ4n) is 3.15. The maximum atomic E-state index is 12.5. The summed E-state index contributed by atoms with van der Waals surface area (Å²) in [6, 6.07) is 11.3. The van der Waals surface area contributed by atoms with Gasteiger partial charge >= 0.3 is 0 Å². The number of nitrogens with one attached hydrogen (secondary N) is 1. The van der Waals surface area contributed by atoms with E-state index in [2.05, 4.69) is 33.6 Å². The van der Waals surface area contributed by atoms with Gasteiger partial charge in [0, 0.05) is 30.2 Å². The first-order chi connectivity index (χ1) is 15.4. The molecule has 7 heteroatoms. The van der Waals surface area contributed by atoms with Gasteiger partial charge in [-0.15, -0.1) is 0 Å². The van der Waals surface area contributed by atoms with Crippen molar-refractivity contribution in [2.45, 2.75) is 27.2 Å². The van der Waals surface area contributed by atoms with Crippen LogP contribution >= 0.6 is 0 Å². The molecular formula is C25H26N4O3. The summed E-state index contributed by atoms with van der Waals surface area (Å²) in [4.78, 5) is 25.6. The lowest BCUT2D eigenvalue weighted by molar-refractivity contribution is 0.102. The van der Waals surface area contributed by atoms with E-state index in [1.165, 1.54) is 0 Å². The van der Waals surface area contributed by atoms with E-state index in [4.69, 9.17) is 10.6 Å². The predicted octanol–water partition coefficient (Wildman–Crippen LogP) is 4.95. The molecular weight excluding hydrogens is 404 g/mol. The number of aromatic nitrogens is 2. The van der Waals surface area contributed by atoms with Crippen LogP contribution in [0.2, 0.25) is 0 Å². The van der Waals surface area contributed by atoms with E-state index >= 15 is 0 Å². The van der Waals surface area contributed by atoms with Crippen LogP contribution in [-0.4, -0.2) is 15.9 Å². The minimum atomic E-state index is -0.246. The highest BCUT2D eigenvalue weighted by Crippen LogP contribution is 2.29. The third kappa shape index (κ3) is 5.59. The lowest BCUT2D eigenvalue weighted by atomic mass is 9.99. The molecule has 3 N–H and O–H groups in total. The summed E-state index contributed by atoms with van der Waals surface area (Å²) in [6.07, 6.45) is 7.38. The van der Waals surface area contributed by atoms with Crippen LogP contribution in [0.3, 0.4) is 0 Å². The predicted molar refractivity (Wildman–Crippen MR) is 125 cm³/mol. The van der Waals surface area contributed by atoms with Gasteiger partial charge in [0.15, 0.2) is 0 Å². The van der Waals surface area contributed by atoms with Crippen molar-refractivity contribution in [1.29, 1.82) is 0 Å². The van der Waals surface area contributed by atoms with Gasteiger partial charge in [0.25, 0.3) is 5.91 Å². The number of amides is 1. The molecule has 0 aliphatic heterocycles. The number of carbonyl (C=O) groups excluding carboxylic acids is 1. The molecule has 0 saturated carbocycles. The van der Waals surface area contributed by atoms with E-state index in [-0.39, 0.29) is 5.91 Å². The van der Waals surface area contributed by atoms with Gasteiger partial charge in [-0.2, -0.15) is 5.90 Å². The SMILES string of the molecule is C=C(/C=C(/C)ON)Oc1ccc(CC)c(-c2ccc(NC(=O)c3cnccc3C)nc2)c1. The number of pyridine rings is 2.